The number of alkyl halides is 9. The summed E-state index contributed by atoms with van der Waals surface area (Å²) >= 11 is 0. The van der Waals surface area contributed by atoms with Crippen LogP contribution in [0.4, 0.5) is 39.5 Å². The zero-order valence-corrected chi connectivity index (χ0v) is 11.4. The predicted octanol–water partition coefficient (Wildman–Crippen LogP) is 3.76. The van der Waals surface area contributed by atoms with E-state index in [1.807, 2.05) is 0 Å². The van der Waals surface area contributed by atoms with Gasteiger partial charge in [-0.25, -0.2) is 0 Å². The number of aliphatic hydroxyl groups is 1. The van der Waals surface area contributed by atoms with Crippen LogP contribution in [0, 0.1) is 0 Å². The van der Waals surface area contributed by atoms with Crippen molar-refractivity contribution in [2.24, 2.45) is 0 Å². The third kappa shape index (κ3) is 6.51. The molecule has 0 rings (SSSR count). The number of hydrogen-bond donors (Lipinski definition) is 1. The summed E-state index contributed by atoms with van der Waals surface area (Å²) in [5.74, 6) is 0. The number of halogens is 9. The van der Waals surface area contributed by atoms with Crippen LogP contribution in [0.15, 0.2) is 0 Å². The van der Waals surface area contributed by atoms with Crippen LogP contribution in [-0.2, 0) is 17.1 Å². The first-order chi connectivity index (χ1) is 7.48. The van der Waals surface area contributed by atoms with Crippen molar-refractivity contribution >= 4 is 7.92 Å². The third-order valence-electron chi connectivity index (χ3n) is 1.23. The van der Waals surface area contributed by atoms with Crippen molar-refractivity contribution in [3.63, 3.8) is 0 Å². The molecule has 0 fully saturated rings. The van der Waals surface area contributed by atoms with Gasteiger partial charge in [-0.15, -0.1) is 7.92 Å². The van der Waals surface area contributed by atoms with Gasteiger partial charge in [0, 0.05) is 17.1 Å². The maximum Gasteiger partial charge on any atom is 0.435 e. The molecule has 12 heteroatoms. The van der Waals surface area contributed by atoms with E-state index in [2.05, 4.69) is 20.0 Å². The Hall–Kier alpha value is 0.279. The van der Waals surface area contributed by atoms with Crippen LogP contribution in [-0.4, -0.2) is 49.2 Å². The molecule has 0 saturated carbocycles. The van der Waals surface area contributed by atoms with Gasteiger partial charge in [0.25, 0.3) is 0 Å². The van der Waals surface area contributed by atoms with Gasteiger partial charge in [-0.3, -0.25) is 0 Å². The maximum atomic E-state index is 11.4. The Morgan fingerprint density at radius 3 is 0.737 bits per heavy atom. The Morgan fingerprint density at radius 2 is 0.737 bits per heavy atom. The molecule has 0 heterocycles. The third-order valence-corrected chi connectivity index (χ3v) is 1.23. The Morgan fingerprint density at radius 1 is 0.632 bits per heavy atom. The molecule has 123 valence electrons. The van der Waals surface area contributed by atoms with Gasteiger partial charge >= 0.3 is 24.1 Å². The molecule has 1 nitrogen and oxygen atoms in total. The molecule has 0 aliphatic carbocycles. The fraction of sp³-hybridized carbons (Fsp3) is 1.00. The monoisotopic (exact) mass is 375 g/mol. The van der Waals surface area contributed by atoms with Crippen molar-refractivity contribution in [2.75, 3.05) is 20.0 Å². The molecule has 0 aromatic carbocycles. The van der Waals surface area contributed by atoms with E-state index < -0.39 is 24.1 Å². The second-order valence-corrected chi connectivity index (χ2v) is 6.23. The van der Waals surface area contributed by atoms with Crippen molar-refractivity contribution in [3.05, 3.63) is 0 Å². The zero-order chi connectivity index (χ0) is 15.6. The van der Waals surface area contributed by atoms with Crippen LogP contribution < -0.4 is 0 Å². The Labute approximate surface area is 114 Å². The molecule has 0 unspecified atom stereocenters. The summed E-state index contributed by atoms with van der Waals surface area (Å²) in [6.07, 6.45) is -20.6. The summed E-state index contributed by atoms with van der Waals surface area (Å²) in [5, 5.41) is 7.65. The quantitative estimate of drug-likeness (QED) is 0.388. The molecule has 0 bridgehead atoms. The van der Waals surface area contributed by atoms with Gasteiger partial charge in [0.05, 0.1) is 0 Å². The molecule has 0 aliphatic rings. The summed E-state index contributed by atoms with van der Waals surface area (Å²) in [5.41, 5.74) is -6.69. The molecule has 0 aliphatic heterocycles. The number of hydrogen-bond acceptors (Lipinski definition) is 1. The van der Waals surface area contributed by atoms with Gasteiger partial charge in [0.1, 0.15) is 0 Å². The van der Waals surface area contributed by atoms with Crippen LogP contribution >= 0.6 is 7.92 Å². The van der Waals surface area contributed by atoms with Gasteiger partial charge in [0.15, 0.2) is 0 Å². The van der Waals surface area contributed by atoms with Crippen LogP contribution in [0.1, 0.15) is 0 Å². The molecule has 0 saturated heterocycles. The molecule has 1 radical (unpaired) electrons. The van der Waals surface area contributed by atoms with Crippen LogP contribution in [0.25, 0.3) is 0 Å². The Kier molecular flexibility index (Phi) is 9.38. The normalized spacial score (nSPS) is 13.6. The standard InChI is InChI=1S/C4HF9O.C3H9P.Cu/c5-2(6,7)1(14,3(8,9)10)4(11,12)13;1-4(2)3;/h14H;1-3H3;. The molecular formula is C7H10CuF9OP. The summed E-state index contributed by atoms with van der Waals surface area (Å²) in [4.78, 5) is 0. The molecule has 0 aromatic heterocycles. The second kappa shape index (κ2) is 7.33. The maximum absolute atomic E-state index is 11.4. The summed E-state index contributed by atoms with van der Waals surface area (Å²) < 4.78 is 103. The van der Waals surface area contributed by atoms with Crippen molar-refractivity contribution in [3.8, 4) is 0 Å². The van der Waals surface area contributed by atoms with Crippen molar-refractivity contribution in [2.45, 2.75) is 24.1 Å². The van der Waals surface area contributed by atoms with E-state index in [0.717, 1.165) is 0 Å². The van der Waals surface area contributed by atoms with Gasteiger partial charge in [-0.05, 0) is 20.0 Å². The topological polar surface area (TPSA) is 20.2 Å². The van der Waals surface area contributed by atoms with E-state index in [0.29, 0.717) is 7.92 Å². The SMILES string of the molecule is CP(C)C.OC(C(F)(F)F)(C(F)(F)F)C(F)(F)F.[Cu]. The van der Waals surface area contributed by atoms with Crippen molar-refractivity contribution in [1.29, 1.82) is 0 Å². The molecule has 0 aromatic rings. The first-order valence-electron chi connectivity index (χ1n) is 4.02. The van der Waals surface area contributed by atoms with E-state index in [1.54, 1.807) is 0 Å². The smallest absolute Gasteiger partial charge is 0.367 e. The van der Waals surface area contributed by atoms with E-state index in [4.69, 9.17) is 5.11 Å². The van der Waals surface area contributed by atoms with Gasteiger partial charge < -0.3 is 5.11 Å². The van der Waals surface area contributed by atoms with E-state index in [1.165, 1.54) is 0 Å². The molecule has 0 spiro atoms. The van der Waals surface area contributed by atoms with Gasteiger partial charge in [-0.2, -0.15) is 39.5 Å². The molecule has 0 amide bonds. The van der Waals surface area contributed by atoms with Crippen molar-refractivity contribution < 1.29 is 61.7 Å². The molecule has 19 heavy (non-hydrogen) atoms. The zero-order valence-electron chi connectivity index (χ0n) is 9.60. The fourth-order valence-corrected chi connectivity index (χ4v) is 0.482. The Balaban J connectivity index is -0.000000448. The average molecular weight is 376 g/mol. The van der Waals surface area contributed by atoms with E-state index in [9.17, 15) is 39.5 Å². The summed E-state index contributed by atoms with van der Waals surface area (Å²) in [7, 11) is 0.380. The fourth-order valence-electron chi connectivity index (χ4n) is 0.482. The Bertz CT molecular complexity index is 218. The summed E-state index contributed by atoms with van der Waals surface area (Å²) in [6.45, 7) is 6.69. The van der Waals surface area contributed by atoms with Crippen LogP contribution in [0.3, 0.4) is 0 Å². The first-order valence-corrected chi connectivity index (χ1v) is 6.70. The molecule has 0 atom stereocenters. The van der Waals surface area contributed by atoms with Crippen molar-refractivity contribution in [1.82, 2.24) is 0 Å². The minimum Gasteiger partial charge on any atom is -0.367 e. The second-order valence-electron chi connectivity index (χ2n) is 3.55. The van der Waals surface area contributed by atoms with E-state index in [-0.39, 0.29) is 17.1 Å². The largest absolute Gasteiger partial charge is 0.435 e. The average Bonchev–Trinajstić information content (AvgIpc) is 1.94. The van der Waals surface area contributed by atoms with Gasteiger partial charge in [0.2, 0.25) is 0 Å². The number of rotatable bonds is 0. The first kappa shape index (κ1) is 24.3. The minimum absolute atomic E-state index is 0. The van der Waals surface area contributed by atoms with E-state index >= 15 is 0 Å². The minimum atomic E-state index is -6.87. The molecule has 1 N–H and O–H groups in total. The summed E-state index contributed by atoms with van der Waals surface area (Å²) in [6, 6.07) is 0. The molecular weight excluding hydrogens is 366 g/mol. The van der Waals surface area contributed by atoms with Gasteiger partial charge in [-0.1, -0.05) is 0 Å². The predicted molar refractivity (Wildman–Crippen MR) is 47.8 cm³/mol. The van der Waals surface area contributed by atoms with Crippen LogP contribution in [0.2, 0.25) is 0 Å². The van der Waals surface area contributed by atoms with Crippen LogP contribution in [0.5, 0.6) is 0 Å².